The highest BCUT2D eigenvalue weighted by Crippen LogP contribution is 2.14. The summed E-state index contributed by atoms with van der Waals surface area (Å²) in [7, 11) is 0. The van der Waals surface area contributed by atoms with Crippen LogP contribution in [0.5, 0.6) is 0 Å². The number of hydrogen-bond acceptors (Lipinski definition) is 3. The van der Waals surface area contributed by atoms with Crippen LogP contribution < -0.4 is 11.1 Å². The van der Waals surface area contributed by atoms with Crippen LogP contribution in [0.25, 0.3) is 11.0 Å². The fourth-order valence-corrected chi connectivity index (χ4v) is 1.77. The van der Waals surface area contributed by atoms with E-state index in [0.29, 0.717) is 6.42 Å². The monoisotopic (exact) mass is 232 g/mol. The van der Waals surface area contributed by atoms with Gasteiger partial charge in [-0.1, -0.05) is 0 Å². The SMILES string of the molecule is NC(=O)CCCNCc1c[nH]c2ncccc12. The molecule has 2 heterocycles. The average molecular weight is 232 g/mol. The Balaban J connectivity index is 1.85. The van der Waals surface area contributed by atoms with E-state index in [1.54, 1.807) is 6.20 Å². The Morgan fingerprint density at radius 2 is 2.41 bits per heavy atom. The van der Waals surface area contributed by atoms with Crippen molar-refractivity contribution in [3.05, 3.63) is 30.1 Å². The number of carbonyl (C=O) groups is 1. The first-order chi connectivity index (χ1) is 8.27. The average Bonchev–Trinajstić information content (AvgIpc) is 2.72. The summed E-state index contributed by atoms with van der Waals surface area (Å²) >= 11 is 0. The largest absolute Gasteiger partial charge is 0.370 e. The second kappa shape index (κ2) is 5.45. The van der Waals surface area contributed by atoms with Crippen molar-refractivity contribution in [1.29, 1.82) is 0 Å². The van der Waals surface area contributed by atoms with Gasteiger partial charge in [0.05, 0.1) is 0 Å². The van der Waals surface area contributed by atoms with Crippen molar-refractivity contribution >= 4 is 16.9 Å². The summed E-state index contributed by atoms with van der Waals surface area (Å²) < 4.78 is 0. The predicted molar refractivity (Wildman–Crippen MR) is 66.2 cm³/mol. The number of nitrogens with zero attached hydrogens (tertiary/aromatic N) is 1. The van der Waals surface area contributed by atoms with E-state index in [2.05, 4.69) is 15.3 Å². The fraction of sp³-hybridized carbons (Fsp3) is 0.333. The lowest BCUT2D eigenvalue weighted by Crippen LogP contribution is -2.18. The number of aromatic nitrogens is 2. The van der Waals surface area contributed by atoms with Gasteiger partial charge in [-0.05, 0) is 30.7 Å². The topological polar surface area (TPSA) is 83.8 Å². The summed E-state index contributed by atoms with van der Waals surface area (Å²) in [5.41, 5.74) is 7.15. The molecule has 0 aliphatic heterocycles. The summed E-state index contributed by atoms with van der Waals surface area (Å²) in [4.78, 5) is 17.9. The molecule has 2 rings (SSSR count). The van der Waals surface area contributed by atoms with E-state index < -0.39 is 0 Å². The molecule has 5 nitrogen and oxygen atoms in total. The Morgan fingerprint density at radius 3 is 3.24 bits per heavy atom. The summed E-state index contributed by atoms with van der Waals surface area (Å²) in [6.45, 7) is 1.56. The van der Waals surface area contributed by atoms with Crippen molar-refractivity contribution in [3.63, 3.8) is 0 Å². The zero-order valence-corrected chi connectivity index (χ0v) is 9.57. The van der Waals surface area contributed by atoms with Crippen LogP contribution in [0.1, 0.15) is 18.4 Å². The van der Waals surface area contributed by atoms with Gasteiger partial charge in [-0.3, -0.25) is 4.79 Å². The maximum Gasteiger partial charge on any atom is 0.217 e. The lowest BCUT2D eigenvalue weighted by Gasteiger charge is -2.02. The van der Waals surface area contributed by atoms with Crippen LogP contribution in [-0.4, -0.2) is 22.4 Å². The molecule has 17 heavy (non-hydrogen) atoms. The lowest BCUT2D eigenvalue weighted by molar-refractivity contribution is -0.118. The number of nitrogens with one attached hydrogen (secondary N) is 2. The number of hydrogen-bond donors (Lipinski definition) is 3. The Hall–Kier alpha value is -1.88. The highest BCUT2D eigenvalue weighted by atomic mass is 16.1. The van der Waals surface area contributed by atoms with Crippen molar-refractivity contribution < 1.29 is 4.79 Å². The molecular formula is C12H16N4O. The highest BCUT2D eigenvalue weighted by Gasteiger charge is 2.02. The van der Waals surface area contributed by atoms with Gasteiger partial charge in [0.15, 0.2) is 0 Å². The van der Waals surface area contributed by atoms with Crippen LogP contribution in [0.4, 0.5) is 0 Å². The molecule has 0 aliphatic rings. The van der Waals surface area contributed by atoms with E-state index in [-0.39, 0.29) is 5.91 Å². The number of fused-ring (bicyclic) bond motifs is 1. The van der Waals surface area contributed by atoms with Crippen LogP contribution in [0, 0.1) is 0 Å². The molecule has 0 radical (unpaired) electrons. The van der Waals surface area contributed by atoms with Gasteiger partial charge < -0.3 is 16.0 Å². The van der Waals surface area contributed by atoms with Crippen LogP contribution in [0.3, 0.4) is 0 Å². The van der Waals surface area contributed by atoms with Crippen molar-refractivity contribution in [1.82, 2.24) is 15.3 Å². The molecule has 0 aliphatic carbocycles. The van der Waals surface area contributed by atoms with E-state index in [0.717, 1.165) is 30.5 Å². The van der Waals surface area contributed by atoms with E-state index in [1.807, 2.05) is 18.3 Å². The molecular weight excluding hydrogens is 216 g/mol. The second-order valence-corrected chi connectivity index (χ2v) is 3.96. The van der Waals surface area contributed by atoms with Crippen molar-refractivity contribution in [3.8, 4) is 0 Å². The lowest BCUT2D eigenvalue weighted by atomic mass is 10.2. The minimum Gasteiger partial charge on any atom is -0.370 e. The van der Waals surface area contributed by atoms with Gasteiger partial charge >= 0.3 is 0 Å². The molecule has 0 saturated carbocycles. The second-order valence-electron chi connectivity index (χ2n) is 3.96. The number of primary amides is 1. The molecule has 0 unspecified atom stereocenters. The molecule has 4 N–H and O–H groups in total. The number of pyridine rings is 1. The first-order valence-corrected chi connectivity index (χ1v) is 5.67. The van der Waals surface area contributed by atoms with Gasteiger partial charge in [0.25, 0.3) is 0 Å². The van der Waals surface area contributed by atoms with Crippen molar-refractivity contribution in [2.75, 3.05) is 6.54 Å². The molecule has 1 amide bonds. The molecule has 90 valence electrons. The van der Waals surface area contributed by atoms with Crippen molar-refractivity contribution in [2.45, 2.75) is 19.4 Å². The number of carbonyl (C=O) groups excluding carboxylic acids is 1. The van der Waals surface area contributed by atoms with E-state index in [9.17, 15) is 4.79 Å². The minimum atomic E-state index is -0.247. The quantitative estimate of drug-likeness (QED) is 0.647. The first kappa shape index (κ1) is 11.6. The third-order valence-electron chi connectivity index (χ3n) is 2.63. The fourth-order valence-electron chi connectivity index (χ4n) is 1.77. The maximum absolute atomic E-state index is 10.5. The molecule has 0 saturated heterocycles. The van der Waals surface area contributed by atoms with Crippen LogP contribution >= 0.6 is 0 Å². The molecule has 5 heteroatoms. The molecule has 0 aromatic carbocycles. The summed E-state index contributed by atoms with van der Waals surface area (Å²) in [5, 5.41) is 4.41. The Bertz CT molecular complexity index is 506. The van der Waals surface area contributed by atoms with Crippen LogP contribution in [0.2, 0.25) is 0 Å². The van der Waals surface area contributed by atoms with Gasteiger partial charge in [0.1, 0.15) is 5.65 Å². The normalized spacial score (nSPS) is 10.8. The molecule has 2 aromatic heterocycles. The van der Waals surface area contributed by atoms with Gasteiger partial charge in [0, 0.05) is 30.7 Å². The number of amides is 1. The number of nitrogens with two attached hydrogens (primary N) is 1. The molecule has 0 bridgehead atoms. The van der Waals surface area contributed by atoms with Gasteiger partial charge in [0.2, 0.25) is 5.91 Å². The Labute approximate surface area is 99.4 Å². The van der Waals surface area contributed by atoms with Crippen LogP contribution in [0.15, 0.2) is 24.5 Å². The maximum atomic E-state index is 10.5. The highest BCUT2D eigenvalue weighted by molar-refractivity contribution is 5.79. The minimum absolute atomic E-state index is 0.247. The molecule has 0 fully saturated rings. The van der Waals surface area contributed by atoms with E-state index >= 15 is 0 Å². The van der Waals surface area contributed by atoms with Gasteiger partial charge in [-0.25, -0.2) is 4.98 Å². The summed E-state index contributed by atoms with van der Waals surface area (Å²) in [6.07, 6.45) is 4.93. The smallest absolute Gasteiger partial charge is 0.217 e. The van der Waals surface area contributed by atoms with Gasteiger partial charge in [-0.15, -0.1) is 0 Å². The zero-order chi connectivity index (χ0) is 12.1. The zero-order valence-electron chi connectivity index (χ0n) is 9.57. The molecule has 0 atom stereocenters. The summed E-state index contributed by atoms with van der Waals surface area (Å²) in [6, 6.07) is 3.96. The third kappa shape index (κ3) is 3.04. The Kier molecular flexibility index (Phi) is 3.72. The Morgan fingerprint density at radius 1 is 1.53 bits per heavy atom. The van der Waals surface area contributed by atoms with Gasteiger partial charge in [-0.2, -0.15) is 0 Å². The molecule has 2 aromatic rings. The van der Waals surface area contributed by atoms with E-state index in [4.69, 9.17) is 5.73 Å². The standard InChI is InChI=1S/C12H16N4O/c13-11(17)4-2-5-14-7-9-8-16-12-10(9)3-1-6-15-12/h1,3,6,8,14H,2,4-5,7H2,(H2,13,17)(H,15,16). The number of rotatable bonds is 6. The third-order valence-corrected chi connectivity index (χ3v) is 2.63. The van der Waals surface area contributed by atoms with Crippen molar-refractivity contribution in [2.24, 2.45) is 5.73 Å². The first-order valence-electron chi connectivity index (χ1n) is 5.67. The molecule has 0 spiro atoms. The number of H-pyrrole nitrogens is 1. The van der Waals surface area contributed by atoms with E-state index in [1.165, 1.54) is 5.56 Å². The van der Waals surface area contributed by atoms with Crippen LogP contribution in [-0.2, 0) is 11.3 Å². The summed E-state index contributed by atoms with van der Waals surface area (Å²) in [5.74, 6) is -0.247. The predicted octanol–water partition coefficient (Wildman–Crippen LogP) is 0.918. The number of aromatic amines is 1.